The van der Waals surface area contributed by atoms with Crippen LogP contribution in [0.2, 0.25) is 5.02 Å². The lowest BCUT2D eigenvalue weighted by Gasteiger charge is -2.13. The summed E-state index contributed by atoms with van der Waals surface area (Å²) in [7, 11) is 3.99. The molecule has 5 heteroatoms. The van der Waals surface area contributed by atoms with Crippen molar-refractivity contribution in [1.29, 1.82) is 0 Å². The van der Waals surface area contributed by atoms with Gasteiger partial charge in [0, 0.05) is 18.2 Å². The maximum atomic E-state index is 10.5. The van der Waals surface area contributed by atoms with E-state index in [0.717, 1.165) is 19.0 Å². The highest BCUT2D eigenvalue weighted by molar-refractivity contribution is 6.32. The van der Waals surface area contributed by atoms with Crippen molar-refractivity contribution in [3.63, 3.8) is 0 Å². The van der Waals surface area contributed by atoms with Gasteiger partial charge in [-0.25, -0.2) is 4.79 Å². The summed E-state index contributed by atoms with van der Waals surface area (Å²) in [5.74, 6) is -0.473. The SMILES string of the molecule is CN(C)CCCOc1c(Cl)cccc1/C=C/C(=O)O. The number of nitrogens with zero attached hydrogens (tertiary/aromatic N) is 1. The van der Waals surface area contributed by atoms with E-state index >= 15 is 0 Å². The van der Waals surface area contributed by atoms with Crippen molar-refractivity contribution in [2.75, 3.05) is 27.2 Å². The van der Waals surface area contributed by atoms with E-state index in [1.165, 1.54) is 6.08 Å². The molecule has 0 aromatic heterocycles. The second kappa shape index (κ2) is 7.81. The quantitative estimate of drug-likeness (QED) is 0.617. The van der Waals surface area contributed by atoms with E-state index in [0.29, 0.717) is 22.9 Å². The Morgan fingerprint density at radius 2 is 2.21 bits per heavy atom. The first-order chi connectivity index (χ1) is 9.00. The molecule has 1 N–H and O–H groups in total. The minimum absolute atomic E-state index is 0.484. The molecule has 0 saturated carbocycles. The molecular weight excluding hydrogens is 266 g/mol. The Bertz CT molecular complexity index is 458. The van der Waals surface area contributed by atoms with Crippen LogP contribution < -0.4 is 4.74 Å². The van der Waals surface area contributed by atoms with Gasteiger partial charge < -0.3 is 14.7 Å². The van der Waals surface area contributed by atoms with E-state index in [1.54, 1.807) is 18.2 Å². The molecule has 0 heterocycles. The zero-order valence-corrected chi connectivity index (χ0v) is 11.9. The van der Waals surface area contributed by atoms with Crippen LogP contribution in [-0.2, 0) is 4.79 Å². The van der Waals surface area contributed by atoms with Gasteiger partial charge in [-0.15, -0.1) is 0 Å². The summed E-state index contributed by atoms with van der Waals surface area (Å²) in [4.78, 5) is 12.6. The Balaban J connectivity index is 2.72. The average molecular weight is 284 g/mol. The van der Waals surface area contributed by atoms with Crippen LogP contribution in [0, 0.1) is 0 Å². The van der Waals surface area contributed by atoms with Crippen molar-refractivity contribution in [1.82, 2.24) is 4.90 Å². The minimum atomic E-state index is -1.00. The fraction of sp³-hybridized carbons (Fsp3) is 0.357. The largest absolute Gasteiger partial charge is 0.491 e. The molecule has 1 aromatic carbocycles. The smallest absolute Gasteiger partial charge is 0.328 e. The maximum Gasteiger partial charge on any atom is 0.328 e. The first kappa shape index (κ1) is 15.5. The van der Waals surface area contributed by atoms with E-state index in [1.807, 2.05) is 14.1 Å². The summed E-state index contributed by atoms with van der Waals surface area (Å²) < 4.78 is 5.65. The summed E-state index contributed by atoms with van der Waals surface area (Å²) in [6.45, 7) is 1.46. The number of hydrogen-bond acceptors (Lipinski definition) is 3. The van der Waals surface area contributed by atoms with E-state index in [9.17, 15) is 4.79 Å². The molecule has 0 spiro atoms. The highest BCUT2D eigenvalue weighted by atomic mass is 35.5. The van der Waals surface area contributed by atoms with Crippen molar-refractivity contribution in [2.45, 2.75) is 6.42 Å². The lowest BCUT2D eigenvalue weighted by Crippen LogP contribution is -2.15. The van der Waals surface area contributed by atoms with Gasteiger partial charge in [0.15, 0.2) is 0 Å². The molecule has 0 aliphatic carbocycles. The number of carboxylic acid groups (broad SMARTS) is 1. The van der Waals surface area contributed by atoms with E-state index in [-0.39, 0.29) is 0 Å². The van der Waals surface area contributed by atoms with Gasteiger partial charge in [-0.05, 0) is 32.7 Å². The highest BCUT2D eigenvalue weighted by Gasteiger charge is 2.06. The van der Waals surface area contributed by atoms with Crippen LogP contribution in [0.3, 0.4) is 0 Å². The molecule has 19 heavy (non-hydrogen) atoms. The predicted molar refractivity (Wildman–Crippen MR) is 76.8 cm³/mol. The number of para-hydroxylation sites is 1. The van der Waals surface area contributed by atoms with Crippen molar-refractivity contribution >= 4 is 23.6 Å². The molecule has 104 valence electrons. The van der Waals surface area contributed by atoms with Crippen LogP contribution in [0.1, 0.15) is 12.0 Å². The van der Waals surface area contributed by atoms with Crippen LogP contribution in [0.5, 0.6) is 5.75 Å². The molecule has 1 aromatic rings. The molecule has 0 atom stereocenters. The van der Waals surface area contributed by atoms with Gasteiger partial charge >= 0.3 is 5.97 Å². The Labute approximate surface area is 118 Å². The fourth-order valence-electron chi connectivity index (χ4n) is 1.53. The number of hydrogen-bond donors (Lipinski definition) is 1. The number of carboxylic acids is 1. The van der Waals surface area contributed by atoms with E-state index in [2.05, 4.69) is 4.90 Å². The van der Waals surface area contributed by atoms with Crippen LogP contribution >= 0.6 is 11.6 Å². The van der Waals surface area contributed by atoms with Gasteiger partial charge in [0.25, 0.3) is 0 Å². The van der Waals surface area contributed by atoms with Gasteiger partial charge in [0.2, 0.25) is 0 Å². The van der Waals surface area contributed by atoms with Crippen LogP contribution in [0.15, 0.2) is 24.3 Å². The van der Waals surface area contributed by atoms with Gasteiger partial charge in [-0.2, -0.15) is 0 Å². The molecule has 4 nitrogen and oxygen atoms in total. The number of halogens is 1. The van der Waals surface area contributed by atoms with E-state index in [4.69, 9.17) is 21.4 Å². The molecule has 0 radical (unpaired) electrons. The first-order valence-electron chi connectivity index (χ1n) is 5.97. The van der Waals surface area contributed by atoms with E-state index < -0.39 is 5.97 Å². The average Bonchev–Trinajstić information content (AvgIpc) is 2.33. The van der Waals surface area contributed by atoms with Crippen LogP contribution in [0.25, 0.3) is 6.08 Å². The molecule has 0 unspecified atom stereocenters. The summed E-state index contributed by atoms with van der Waals surface area (Å²) in [5.41, 5.74) is 0.666. The summed E-state index contributed by atoms with van der Waals surface area (Å²) in [6, 6.07) is 5.25. The lowest BCUT2D eigenvalue weighted by molar-refractivity contribution is -0.131. The molecule has 0 fully saturated rings. The fourth-order valence-corrected chi connectivity index (χ4v) is 1.76. The second-order valence-electron chi connectivity index (χ2n) is 4.34. The topological polar surface area (TPSA) is 49.8 Å². The van der Waals surface area contributed by atoms with Crippen molar-refractivity contribution in [3.8, 4) is 5.75 Å². The molecular formula is C14H18ClNO3. The van der Waals surface area contributed by atoms with Gasteiger partial charge in [-0.3, -0.25) is 0 Å². The molecule has 0 amide bonds. The second-order valence-corrected chi connectivity index (χ2v) is 4.74. The zero-order valence-electron chi connectivity index (χ0n) is 11.1. The van der Waals surface area contributed by atoms with Gasteiger partial charge in [-0.1, -0.05) is 23.7 Å². The van der Waals surface area contributed by atoms with Crippen LogP contribution in [0.4, 0.5) is 0 Å². The Kier molecular flexibility index (Phi) is 6.39. The maximum absolute atomic E-state index is 10.5. The third kappa shape index (κ3) is 5.77. The number of carbonyl (C=O) groups is 1. The van der Waals surface area contributed by atoms with Crippen molar-refractivity contribution in [2.24, 2.45) is 0 Å². The molecule has 0 saturated heterocycles. The van der Waals surface area contributed by atoms with Crippen molar-refractivity contribution in [3.05, 3.63) is 34.9 Å². The zero-order chi connectivity index (χ0) is 14.3. The van der Waals surface area contributed by atoms with Crippen molar-refractivity contribution < 1.29 is 14.6 Å². The Morgan fingerprint density at radius 1 is 1.47 bits per heavy atom. The predicted octanol–water partition coefficient (Wildman–Crippen LogP) is 2.77. The molecule has 0 aliphatic heterocycles. The third-order valence-corrected chi connectivity index (χ3v) is 2.70. The molecule has 0 bridgehead atoms. The number of benzene rings is 1. The van der Waals surface area contributed by atoms with Crippen LogP contribution in [-0.4, -0.2) is 43.2 Å². The summed E-state index contributed by atoms with van der Waals surface area (Å²) >= 11 is 6.07. The van der Waals surface area contributed by atoms with Gasteiger partial charge in [0.05, 0.1) is 11.6 Å². The normalized spacial score (nSPS) is 11.2. The molecule has 0 aliphatic rings. The third-order valence-electron chi connectivity index (χ3n) is 2.40. The number of ether oxygens (including phenoxy) is 1. The highest BCUT2D eigenvalue weighted by Crippen LogP contribution is 2.29. The lowest BCUT2D eigenvalue weighted by atomic mass is 10.2. The Morgan fingerprint density at radius 3 is 2.84 bits per heavy atom. The standard InChI is InChI=1S/C14H18ClNO3/c1-16(2)9-4-10-19-14-11(7-8-13(17)18)5-3-6-12(14)15/h3,5-8H,4,9-10H2,1-2H3,(H,17,18)/b8-7+. The Hall–Kier alpha value is -1.52. The minimum Gasteiger partial charge on any atom is -0.491 e. The summed E-state index contributed by atoms with van der Waals surface area (Å²) in [6.07, 6.45) is 3.42. The first-order valence-corrected chi connectivity index (χ1v) is 6.35. The molecule has 1 rings (SSSR count). The van der Waals surface area contributed by atoms with Gasteiger partial charge in [0.1, 0.15) is 5.75 Å². The number of rotatable bonds is 7. The monoisotopic (exact) mass is 283 g/mol. The summed E-state index contributed by atoms with van der Waals surface area (Å²) in [5, 5.41) is 9.13. The number of aliphatic carboxylic acids is 1.